The molecule has 82 heavy (non-hydrogen) atoms. The van der Waals surface area contributed by atoms with E-state index in [1.54, 1.807) is 19.1 Å². The number of Topliss-reactive ketones (excluding diaryl/α,β-unsaturated/α-hetero) is 2. The van der Waals surface area contributed by atoms with E-state index in [0.29, 0.717) is 45.9 Å². The lowest BCUT2D eigenvalue weighted by molar-refractivity contribution is 0.0973. The highest BCUT2D eigenvalue weighted by Crippen LogP contribution is 2.39. The van der Waals surface area contributed by atoms with Crippen LogP contribution in [0.5, 0.6) is 11.5 Å². The maximum Gasteiger partial charge on any atom is 0.190 e. The number of carbonyl (C=O) groups is 2. The molecule has 4 nitrogen and oxygen atoms in total. The molecule has 0 saturated carbocycles. The van der Waals surface area contributed by atoms with Crippen LogP contribution in [0.3, 0.4) is 0 Å². The van der Waals surface area contributed by atoms with Gasteiger partial charge in [-0.15, -0.1) is 0 Å². The predicted molar refractivity (Wildman–Crippen MR) is 358 cm³/mol. The molecule has 0 spiro atoms. The van der Waals surface area contributed by atoms with Gasteiger partial charge in [0.15, 0.2) is 11.6 Å². The topological polar surface area (TPSA) is 74.6 Å². The molecule has 0 radical (unpaired) electrons. The van der Waals surface area contributed by atoms with Crippen molar-refractivity contribution in [3.05, 3.63) is 246 Å². The van der Waals surface area contributed by atoms with Gasteiger partial charge in [-0.05, 0) is 206 Å². The van der Waals surface area contributed by atoms with Crippen LogP contribution in [-0.2, 0) is 6.42 Å². The molecular formula is C78H102O4. The summed E-state index contributed by atoms with van der Waals surface area (Å²) >= 11 is 0. The van der Waals surface area contributed by atoms with Gasteiger partial charge < -0.3 is 10.2 Å². The number of hydrogen-bond acceptors (Lipinski definition) is 4. The van der Waals surface area contributed by atoms with Crippen LogP contribution in [0, 0.1) is 6.92 Å². The lowest BCUT2D eigenvalue weighted by atomic mass is 9.83. The minimum absolute atomic E-state index is 0.0209. The zero-order valence-corrected chi connectivity index (χ0v) is 53.5. The number of carbonyl (C=O) groups excluding carboxylic acids is 2. The Morgan fingerprint density at radius 3 is 0.951 bits per heavy atom. The Morgan fingerprint density at radius 1 is 0.354 bits per heavy atom. The average molecular weight is 1100 g/mol. The fourth-order valence-electron chi connectivity index (χ4n) is 9.14. The lowest BCUT2D eigenvalue weighted by Crippen LogP contribution is -2.20. The first kappa shape index (κ1) is 69.2. The van der Waals surface area contributed by atoms with E-state index in [-0.39, 0.29) is 23.1 Å². The third-order valence-corrected chi connectivity index (χ3v) is 15.4. The van der Waals surface area contributed by atoms with Crippen LogP contribution < -0.4 is 0 Å². The van der Waals surface area contributed by atoms with Crippen molar-refractivity contribution >= 4 is 22.3 Å². The Labute approximate surface area is 497 Å². The molecule has 1 aliphatic rings. The van der Waals surface area contributed by atoms with Gasteiger partial charge in [0.05, 0.1) is 0 Å². The number of phenolic OH excluding ortho intramolecular Hbond substituents is 2. The molecule has 438 valence electrons. The van der Waals surface area contributed by atoms with Crippen LogP contribution >= 0.6 is 0 Å². The fourth-order valence-corrected chi connectivity index (χ4v) is 9.14. The van der Waals surface area contributed by atoms with Crippen LogP contribution in [0.1, 0.15) is 219 Å². The molecule has 0 amide bonds. The molecule has 4 heteroatoms. The van der Waals surface area contributed by atoms with Gasteiger partial charge in [0, 0.05) is 38.6 Å². The van der Waals surface area contributed by atoms with E-state index in [2.05, 4.69) is 194 Å². The van der Waals surface area contributed by atoms with Gasteiger partial charge >= 0.3 is 0 Å². The fraction of sp³-hybridized carbons (Fsp3) is 0.385. The number of rotatable bonds is 28. The Morgan fingerprint density at radius 2 is 0.622 bits per heavy atom. The summed E-state index contributed by atoms with van der Waals surface area (Å²) < 4.78 is 0. The van der Waals surface area contributed by atoms with Gasteiger partial charge in [-0.2, -0.15) is 0 Å². The molecule has 0 saturated heterocycles. The average Bonchev–Trinajstić information content (AvgIpc) is 3.47. The standard InChI is InChI=1S/C39H52O2.C39H50O2/c2*1-9-10-13-28(2)16-17-29(3)18-19-30(4)20-21-31(5)22-23-32(6)24-25-33(7)26-27-35-34(8)38(40)36-14-11-12-15-37(36)39(35)41/h9-12,14-16,18,20,22,24,26,40-41H,13,17,19,21,23,25,27H2,1-8H3;9-12,14-16,18,20,22,24,26H,13,17,19,21,23,25,27H2,1-8H3/b2*10-9-,28-16+,29-18+,30-20+,31-22+,32-24+,33-26+. The van der Waals surface area contributed by atoms with Crippen molar-refractivity contribution in [2.75, 3.05) is 0 Å². The van der Waals surface area contributed by atoms with Gasteiger partial charge in [-0.25, -0.2) is 0 Å². The van der Waals surface area contributed by atoms with E-state index in [4.69, 9.17) is 0 Å². The number of allylic oxidation sites excluding steroid dienone is 30. The van der Waals surface area contributed by atoms with Crippen LogP contribution in [0.2, 0.25) is 0 Å². The van der Waals surface area contributed by atoms with Gasteiger partial charge in [-0.1, -0.05) is 213 Å². The number of ketones is 2. The summed E-state index contributed by atoms with van der Waals surface area (Å²) in [7, 11) is 0. The summed E-state index contributed by atoms with van der Waals surface area (Å²) in [6.07, 6.45) is 49.1. The summed E-state index contributed by atoms with van der Waals surface area (Å²) in [6, 6.07) is 14.6. The summed E-state index contributed by atoms with van der Waals surface area (Å²) in [4.78, 5) is 25.7. The highest BCUT2D eigenvalue weighted by molar-refractivity contribution is 6.26. The number of hydrogen-bond donors (Lipinski definition) is 2. The van der Waals surface area contributed by atoms with Gasteiger partial charge in [0.25, 0.3) is 0 Å². The van der Waals surface area contributed by atoms with Crippen LogP contribution in [0.25, 0.3) is 10.8 Å². The molecule has 2 N–H and O–H groups in total. The number of phenols is 2. The third kappa shape index (κ3) is 25.0. The maximum atomic E-state index is 13.0. The summed E-state index contributed by atoms with van der Waals surface area (Å²) in [6.45, 7) is 34.1. The van der Waals surface area contributed by atoms with Crippen LogP contribution in [-0.4, -0.2) is 21.8 Å². The Bertz CT molecular complexity index is 3160. The lowest BCUT2D eigenvalue weighted by Gasteiger charge is -2.18. The second-order valence-electron chi connectivity index (χ2n) is 23.3. The molecule has 4 rings (SSSR count). The maximum absolute atomic E-state index is 13.0. The van der Waals surface area contributed by atoms with E-state index in [1.807, 2.05) is 43.3 Å². The number of benzene rings is 3. The van der Waals surface area contributed by atoms with Crippen molar-refractivity contribution in [2.45, 2.75) is 201 Å². The normalized spacial score (nSPS) is 15.4. The van der Waals surface area contributed by atoms with Gasteiger partial charge in [0.1, 0.15) is 11.5 Å². The summed E-state index contributed by atoms with van der Waals surface area (Å²) in [5.74, 6) is 0.472. The molecule has 1 aliphatic carbocycles. The SMILES string of the molecule is C/C=C\C/C(C)=C/C/C(C)=C/C/C(C)=C/C/C(C)=C/C/C(C)=C/C/C(C)=C/CC1=C(C)C(=O)c2ccccc2C1=O.C/C=C\C/C(C)=C/C/C(C)=C/C/C(C)=C/C/C(C)=C/C/C(C)=C/C/C(C)=C/Cc1c(C)c(O)c2ccccc2c1O. The van der Waals surface area contributed by atoms with Crippen molar-refractivity contribution < 1.29 is 19.8 Å². The number of aromatic hydroxyl groups is 2. The second kappa shape index (κ2) is 37.1. The smallest absolute Gasteiger partial charge is 0.190 e. The molecule has 3 aromatic carbocycles. The second-order valence-corrected chi connectivity index (χ2v) is 23.3. The van der Waals surface area contributed by atoms with E-state index in [0.717, 1.165) is 88.2 Å². The van der Waals surface area contributed by atoms with Gasteiger partial charge in [-0.3, -0.25) is 9.59 Å². The largest absolute Gasteiger partial charge is 0.507 e. The van der Waals surface area contributed by atoms with Crippen molar-refractivity contribution in [1.82, 2.24) is 0 Å². The predicted octanol–water partition coefficient (Wildman–Crippen LogP) is 23.1. The Balaban J connectivity index is 0.000000430. The van der Waals surface area contributed by atoms with E-state index in [1.165, 1.54) is 66.9 Å². The highest BCUT2D eigenvalue weighted by Gasteiger charge is 2.28. The first-order valence-corrected chi connectivity index (χ1v) is 30.0. The molecule has 0 bridgehead atoms. The van der Waals surface area contributed by atoms with Crippen LogP contribution in [0.4, 0.5) is 0 Å². The van der Waals surface area contributed by atoms with Gasteiger partial charge in [0.2, 0.25) is 0 Å². The monoisotopic (exact) mass is 1100 g/mol. The summed E-state index contributed by atoms with van der Waals surface area (Å²) in [5.41, 5.74) is 20.2. The molecule has 0 aliphatic heterocycles. The van der Waals surface area contributed by atoms with E-state index < -0.39 is 0 Å². The van der Waals surface area contributed by atoms with Crippen molar-refractivity contribution in [3.8, 4) is 11.5 Å². The highest BCUT2D eigenvalue weighted by atomic mass is 16.3. The molecule has 0 heterocycles. The molecule has 0 aromatic heterocycles. The minimum Gasteiger partial charge on any atom is -0.507 e. The molecule has 0 fully saturated rings. The van der Waals surface area contributed by atoms with Crippen LogP contribution in [0.15, 0.2) is 224 Å². The first-order valence-electron chi connectivity index (χ1n) is 30.0. The number of fused-ring (bicyclic) bond motifs is 2. The van der Waals surface area contributed by atoms with E-state index >= 15 is 0 Å². The minimum atomic E-state index is -0.0329. The molecule has 3 aromatic rings. The van der Waals surface area contributed by atoms with E-state index in [9.17, 15) is 19.8 Å². The molecule has 0 unspecified atom stereocenters. The Kier molecular flexibility index (Phi) is 31.4. The summed E-state index contributed by atoms with van der Waals surface area (Å²) in [5, 5.41) is 22.9. The zero-order valence-electron chi connectivity index (χ0n) is 53.5. The molecule has 0 atom stereocenters. The first-order chi connectivity index (χ1) is 39.1. The van der Waals surface area contributed by atoms with Crippen molar-refractivity contribution in [2.24, 2.45) is 0 Å². The molecular weight excluding hydrogens is 1000 g/mol. The zero-order chi connectivity index (χ0) is 60.7. The Hall–Kier alpha value is -7.04. The van der Waals surface area contributed by atoms with Crippen molar-refractivity contribution in [1.29, 1.82) is 0 Å². The van der Waals surface area contributed by atoms with Crippen molar-refractivity contribution in [3.63, 3.8) is 0 Å². The third-order valence-electron chi connectivity index (χ3n) is 15.4. The quantitative estimate of drug-likeness (QED) is 0.0561.